The molecule has 1 aliphatic carbocycles. The highest BCUT2D eigenvalue weighted by Crippen LogP contribution is 2.40. The van der Waals surface area contributed by atoms with Gasteiger partial charge >= 0.3 is 0 Å². The molecule has 1 aromatic heterocycles. The van der Waals surface area contributed by atoms with Crippen molar-refractivity contribution >= 4 is 10.0 Å². The van der Waals surface area contributed by atoms with E-state index in [-0.39, 0.29) is 16.6 Å². The zero-order valence-electron chi connectivity index (χ0n) is 13.6. The van der Waals surface area contributed by atoms with Crippen molar-refractivity contribution in [3.05, 3.63) is 30.2 Å². The number of nitrogens with zero attached hydrogens (tertiary/aromatic N) is 4. The third-order valence-electron chi connectivity index (χ3n) is 4.39. The van der Waals surface area contributed by atoms with Crippen LogP contribution in [0.2, 0.25) is 0 Å². The molecule has 0 atom stereocenters. The third-order valence-corrected chi connectivity index (χ3v) is 6.27. The van der Waals surface area contributed by atoms with Gasteiger partial charge in [0.05, 0.1) is 11.0 Å². The summed E-state index contributed by atoms with van der Waals surface area (Å²) in [5, 5.41) is 13.5. The van der Waals surface area contributed by atoms with E-state index in [1.54, 1.807) is 18.2 Å². The minimum Gasteiger partial charge on any atom is -0.337 e. The minimum absolute atomic E-state index is 0.111. The number of benzene rings is 1. The fourth-order valence-electron chi connectivity index (χ4n) is 2.95. The topological polar surface area (TPSA) is 100 Å². The van der Waals surface area contributed by atoms with Gasteiger partial charge in [0.25, 0.3) is 0 Å². The van der Waals surface area contributed by atoms with Crippen LogP contribution in [0.4, 0.5) is 0 Å². The van der Waals surface area contributed by atoms with Crippen molar-refractivity contribution in [2.24, 2.45) is 0 Å². The van der Waals surface area contributed by atoms with E-state index in [4.69, 9.17) is 4.52 Å². The number of hydrogen-bond acceptors (Lipinski definition) is 6. The second-order valence-electron chi connectivity index (χ2n) is 6.11. The first-order valence-corrected chi connectivity index (χ1v) is 9.12. The Labute approximate surface area is 141 Å². The summed E-state index contributed by atoms with van der Waals surface area (Å²) in [4.78, 5) is 4.47. The lowest BCUT2D eigenvalue weighted by molar-refractivity contribution is 0.321. The van der Waals surface area contributed by atoms with Crippen LogP contribution in [0.3, 0.4) is 0 Å². The molecule has 0 radical (unpaired) electrons. The van der Waals surface area contributed by atoms with Gasteiger partial charge in [0.2, 0.25) is 21.7 Å². The van der Waals surface area contributed by atoms with Gasteiger partial charge in [-0.25, -0.2) is 12.7 Å². The van der Waals surface area contributed by atoms with Crippen LogP contribution in [-0.4, -0.2) is 37.0 Å². The molecule has 3 rings (SSSR count). The maximum atomic E-state index is 12.5. The Kier molecular flexibility index (Phi) is 4.15. The summed E-state index contributed by atoms with van der Waals surface area (Å²) in [6, 6.07) is 8.81. The highest BCUT2D eigenvalue weighted by molar-refractivity contribution is 7.89. The summed E-state index contributed by atoms with van der Waals surface area (Å²) in [6.45, 7) is 0. The van der Waals surface area contributed by atoms with Gasteiger partial charge in [-0.3, -0.25) is 0 Å². The van der Waals surface area contributed by atoms with Crippen LogP contribution in [-0.2, 0) is 15.4 Å². The highest BCUT2D eigenvalue weighted by Gasteiger charge is 2.41. The molecular formula is C16H18N4O3S. The highest BCUT2D eigenvalue weighted by atomic mass is 32.2. The maximum absolute atomic E-state index is 12.5. The molecule has 0 spiro atoms. The molecule has 0 aliphatic heterocycles. The summed E-state index contributed by atoms with van der Waals surface area (Å²) < 4.78 is 31.5. The van der Waals surface area contributed by atoms with Gasteiger partial charge in [0, 0.05) is 19.7 Å². The largest absolute Gasteiger partial charge is 0.337 e. The molecule has 0 saturated heterocycles. The first kappa shape index (κ1) is 16.6. The van der Waals surface area contributed by atoms with Gasteiger partial charge < -0.3 is 4.52 Å². The van der Waals surface area contributed by atoms with Crippen LogP contribution < -0.4 is 0 Å². The Morgan fingerprint density at radius 2 is 1.92 bits per heavy atom. The molecule has 0 N–H and O–H groups in total. The fraction of sp³-hybridized carbons (Fsp3) is 0.438. The molecule has 1 aliphatic rings. The summed E-state index contributed by atoms with van der Waals surface area (Å²) in [5.41, 5.74) is -0.382. The zero-order chi connectivity index (χ0) is 17.4. The van der Waals surface area contributed by atoms with Crippen LogP contribution in [0, 0.1) is 11.3 Å². The lowest BCUT2D eigenvalue weighted by Crippen LogP contribution is -2.23. The lowest BCUT2D eigenvalue weighted by Gasteiger charge is -2.14. The van der Waals surface area contributed by atoms with Crippen LogP contribution in [0.15, 0.2) is 33.7 Å². The van der Waals surface area contributed by atoms with E-state index >= 15 is 0 Å². The van der Waals surface area contributed by atoms with Crippen molar-refractivity contribution in [2.75, 3.05) is 14.1 Å². The molecule has 24 heavy (non-hydrogen) atoms. The van der Waals surface area contributed by atoms with Gasteiger partial charge in [0.15, 0.2) is 0 Å². The molecular weight excluding hydrogens is 328 g/mol. The molecule has 7 nitrogen and oxygen atoms in total. The van der Waals surface area contributed by atoms with E-state index in [0.29, 0.717) is 18.4 Å². The van der Waals surface area contributed by atoms with E-state index in [1.165, 1.54) is 20.2 Å². The van der Waals surface area contributed by atoms with Crippen molar-refractivity contribution in [1.29, 1.82) is 5.26 Å². The number of hydrogen-bond donors (Lipinski definition) is 0. The van der Waals surface area contributed by atoms with E-state index in [2.05, 4.69) is 16.2 Å². The molecule has 126 valence electrons. The second-order valence-corrected chi connectivity index (χ2v) is 8.23. The molecule has 1 heterocycles. The quantitative estimate of drug-likeness (QED) is 0.842. The van der Waals surface area contributed by atoms with E-state index < -0.39 is 15.4 Å². The van der Waals surface area contributed by atoms with E-state index in [1.807, 2.05) is 0 Å². The second kappa shape index (κ2) is 6.00. The average Bonchev–Trinajstić information content (AvgIpc) is 3.24. The van der Waals surface area contributed by atoms with Crippen molar-refractivity contribution in [3.63, 3.8) is 0 Å². The normalized spacial score (nSPS) is 17.1. The third kappa shape index (κ3) is 2.60. The summed E-state index contributed by atoms with van der Waals surface area (Å²) in [5.74, 6) is 0.460. The van der Waals surface area contributed by atoms with Crippen molar-refractivity contribution in [3.8, 4) is 17.5 Å². The predicted molar refractivity (Wildman–Crippen MR) is 86.4 cm³/mol. The average molecular weight is 346 g/mol. The molecule has 2 aromatic rings. The van der Waals surface area contributed by atoms with Crippen LogP contribution in [0.1, 0.15) is 31.6 Å². The van der Waals surface area contributed by atoms with Crippen molar-refractivity contribution < 1.29 is 12.9 Å². The summed E-state index contributed by atoms with van der Waals surface area (Å²) >= 11 is 0. The SMILES string of the molecule is CN(C)S(=O)(=O)c1ccccc1-c1noc(C2(C#N)CCCC2)n1. The van der Waals surface area contributed by atoms with Gasteiger partial charge in [0.1, 0.15) is 5.41 Å². The number of aromatic nitrogens is 2. The molecule has 0 unspecified atom stereocenters. The first-order chi connectivity index (χ1) is 11.4. The smallest absolute Gasteiger partial charge is 0.247 e. The van der Waals surface area contributed by atoms with Crippen molar-refractivity contribution in [1.82, 2.24) is 14.4 Å². The molecule has 0 amide bonds. The van der Waals surface area contributed by atoms with Crippen molar-refractivity contribution in [2.45, 2.75) is 36.0 Å². The van der Waals surface area contributed by atoms with Crippen LogP contribution in [0.25, 0.3) is 11.4 Å². The van der Waals surface area contributed by atoms with Gasteiger partial charge in [-0.05, 0) is 25.0 Å². The van der Waals surface area contributed by atoms with Crippen LogP contribution in [0.5, 0.6) is 0 Å². The lowest BCUT2D eigenvalue weighted by atomic mass is 9.88. The maximum Gasteiger partial charge on any atom is 0.247 e. The Morgan fingerprint density at radius 1 is 1.25 bits per heavy atom. The molecule has 1 aromatic carbocycles. The molecule has 1 saturated carbocycles. The minimum atomic E-state index is -3.64. The Morgan fingerprint density at radius 3 is 2.54 bits per heavy atom. The summed E-state index contributed by atoms with van der Waals surface area (Å²) in [6.07, 6.45) is 3.25. The Hall–Kier alpha value is -2.24. The number of rotatable bonds is 4. The molecule has 1 fully saturated rings. The number of nitriles is 1. The van der Waals surface area contributed by atoms with E-state index in [9.17, 15) is 13.7 Å². The van der Waals surface area contributed by atoms with Gasteiger partial charge in [-0.2, -0.15) is 10.2 Å². The Balaban J connectivity index is 2.08. The zero-order valence-corrected chi connectivity index (χ0v) is 14.4. The van der Waals surface area contributed by atoms with Crippen LogP contribution >= 0.6 is 0 Å². The number of sulfonamides is 1. The molecule has 0 bridgehead atoms. The van der Waals surface area contributed by atoms with E-state index in [0.717, 1.165) is 17.1 Å². The Bertz CT molecular complexity index is 890. The summed E-state index contributed by atoms with van der Waals surface area (Å²) in [7, 11) is -0.701. The van der Waals surface area contributed by atoms with Gasteiger partial charge in [-0.15, -0.1) is 0 Å². The predicted octanol–water partition coefficient (Wildman–Crippen LogP) is 2.32. The van der Waals surface area contributed by atoms with Gasteiger partial charge in [-0.1, -0.05) is 30.1 Å². The fourth-order valence-corrected chi connectivity index (χ4v) is 4.03. The monoisotopic (exact) mass is 346 g/mol. The standard InChI is InChI=1S/C16H18N4O3S/c1-20(2)24(21,22)13-8-4-3-7-12(13)14-18-15(23-19-14)16(11-17)9-5-6-10-16/h3-4,7-8H,5-6,9-10H2,1-2H3. The first-order valence-electron chi connectivity index (χ1n) is 7.68. The molecule has 8 heteroatoms.